The molecule has 1 fully saturated rings. The SMILES string of the molecule is COC(=O)C(c1ccc(Cl)cc1)N1CCN(C(=O)c2cccc(OC)c2)CC1. The van der Waals surface area contributed by atoms with Crippen molar-refractivity contribution in [3.63, 3.8) is 0 Å². The molecule has 148 valence electrons. The largest absolute Gasteiger partial charge is 0.497 e. The minimum absolute atomic E-state index is 0.0420. The van der Waals surface area contributed by atoms with Gasteiger partial charge >= 0.3 is 5.97 Å². The summed E-state index contributed by atoms with van der Waals surface area (Å²) in [5.41, 5.74) is 1.42. The molecular weight excluding hydrogens is 380 g/mol. The molecule has 2 aromatic carbocycles. The van der Waals surface area contributed by atoms with Crippen LogP contribution >= 0.6 is 11.6 Å². The molecule has 1 aliphatic heterocycles. The van der Waals surface area contributed by atoms with Gasteiger partial charge < -0.3 is 14.4 Å². The number of hydrogen-bond acceptors (Lipinski definition) is 5. The summed E-state index contributed by atoms with van der Waals surface area (Å²) < 4.78 is 10.2. The van der Waals surface area contributed by atoms with E-state index in [9.17, 15) is 9.59 Å². The summed E-state index contributed by atoms with van der Waals surface area (Å²) in [4.78, 5) is 29.0. The predicted molar refractivity (Wildman–Crippen MR) is 107 cm³/mol. The van der Waals surface area contributed by atoms with Crippen LogP contribution in [0.4, 0.5) is 0 Å². The molecule has 6 nitrogen and oxygen atoms in total. The Bertz CT molecular complexity index is 833. The number of piperazine rings is 1. The monoisotopic (exact) mass is 402 g/mol. The number of amides is 1. The number of carbonyl (C=O) groups is 2. The van der Waals surface area contributed by atoms with Crippen molar-refractivity contribution in [2.75, 3.05) is 40.4 Å². The van der Waals surface area contributed by atoms with Gasteiger partial charge in [-0.3, -0.25) is 9.69 Å². The zero-order valence-corrected chi connectivity index (χ0v) is 16.7. The highest BCUT2D eigenvalue weighted by atomic mass is 35.5. The fourth-order valence-electron chi connectivity index (χ4n) is 3.37. The Morgan fingerprint density at radius 3 is 2.29 bits per heavy atom. The summed E-state index contributed by atoms with van der Waals surface area (Å²) in [7, 11) is 2.96. The molecule has 1 amide bonds. The molecule has 28 heavy (non-hydrogen) atoms. The molecular formula is C21H23ClN2O4. The first-order valence-corrected chi connectivity index (χ1v) is 9.42. The third-order valence-corrected chi connectivity index (χ3v) is 5.15. The number of nitrogens with zero attached hydrogens (tertiary/aromatic N) is 2. The number of benzene rings is 2. The summed E-state index contributed by atoms with van der Waals surface area (Å²) in [6.07, 6.45) is 0. The van der Waals surface area contributed by atoms with Gasteiger partial charge in [0.15, 0.2) is 0 Å². The Morgan fingerprint density at radius 2 is 1.68 bits per heavy atom. The quantitative estimate of drug-likeness (QED) is 0.719. The zero-order valence-electron chi connectivity index (χ0n) is 15.9. The molecule has 1 atom stereocenters. The molecule has 2 aromatic rings. The second-order valence-electron chi connectivity index (χ2n) is 6.54. The van der Waals surface area contributed by atoms with E-state index in [-0.39, 0.29) is 11.9 Å². The van der Waals surface area contributed by atoms with E-state index in [0.717, 1.165) is 5.56 Å². The fraction of sp³-hybridized carbons (Fsp3) is 0.333. The second kappa shape index (κ2) is 9.08. The average molecular weight is 403 g/mol. The second-order valence-corrected chi connectivity index (χ2v) is 6.97. The first-order chi connectivity index (χ1) is 13.5. The maximum absolute atomic E-state index is 12.8. The average Bonchev–Trinajstić information content (AvgIpc) is 2.75. The first kappa shape index (κ1) is 20.2. The van der Waals surface area contributed by atoms with Crippen LogP contribution in [0, 0.1) is 0 Å². The van der Waals surface area contributed by atoms with E-state index in [1.54, 1.807) is 42.3 Å². The zero-order chi connectivity index (χ0) is 20.1. The van der Waals surface area contributed by atoms with Crippen molar-refractivity contribution in [2.45, 2.75) is 6.04 Å². The number of methoxy groups -OCH3 is 2. The number of carbonyl (C=O) groups excluding carboxylic acids is 2. The van der Waals surface area contributed by atoms with E-state index in [1.165, 1.54) is 7.11 Å². The lowest BCUT2D eigenvalue weighted by Gasteiger charge is -2.38. The van der Waals surface area contributed by atoms with Gasteiger partial charge in [-0.2, -0.15) is 0 Å². The topological polar surface area (TPSA) is 59.1 Å². The standard InChI is InChI=1S/C21H23ClN2O4/c1-27-18-5-3-4-16(14-18)20(25)24-12-10-23(11-13-24)19(21(26)28-2)15-6-8-17(22)9-7-15/h3-9,14,19H,10-13H2,1-2H3. The maximum atomic E-state index is 12.8. The molecule has 0 bridgehead atoms. The number of halogens is 1. The van der Waals surface area contributed by atoms with E-state index in [2.05, 4.69) is 0 Å². The van der Waals surface area contributed by atoms with Gasteiger partial charge in [-0.15, -0.1) is 0 Å². The summed E-state index contributed by atoms with van der Waals surface area (Å²) in [6.45, 7) is 2.18. The van der Waals surface area contributed by atoms with Gasteiger partial charge in [0, 0.05) is 36.8 Å². The number of rotatable bonds is 5. The number of hydrogen-bond donors (Lipinski definition) is 0. The molecule has 0 aromatic heterocycles. The van der Waals surface area contributed by atoms with Crippen LogP contribution in [0.2, 0.25) is 5.02 Å². The number of ether oxygens (including phenoxy) is 2. The summed E-state index contributed by atoms with van der Waals surface area (Å²) >= 11 is 5.97. The molecule has 1 unspecified atom stereocenters. The molecule has 0 spiro atoms. The van der Waals surface area contributed by atoms with Gasteiger partial charge in [-0.05, 0) is 35.9 Å². The van der Waals surface area contributed by atoms with Crippen LogP contribution in [0.3, 0.4) is 0 Å². The van der Waals surface area contributed by atoms with Crippen LogP contribution in [0.25, 0.3) is 0 Å². The van der Waals surface area contributed by atoms with Gasteiger partial charge in [-0.25, -0.2) is 4.79 Å². The van der Waals surface area contributed by atoms with Crippen LogP contribution in [-0.4, -0.2) is 62.1 Å². The molecule has 0 saturated carbocycles. The maximum Gasteiger partial charge on any atom is 0.327 e. The fourth-order valence-corrected chi connectivity index (χ4v) is 3.50. The molecule has 3 rings (SSSR count). The summed E-state index contributed by atoms with van der Waals surface area (Å²) in [5, 5.41) is 0.612. The van der Waals surface area contributed by atoms with E-state index < -0.39 is 6.04 Å². The van der Waals surface area contributed by atoms with Crippen molar-refractivity contribution in [3.05, 3.63) is 64.7 Å². The highest BCUT2D eigenvalue weighted by Crippen LogP contribution is 2.26. The van der Waals surface area contributed by atoms with Gasteiger partial charge in [0.25, 0.3) is 5.91 Å². The Hall–Kier alpha value is -2.57. The molecule has 0 aliphatic carbocycles. The normalized spacial score (nSPS) is 15.8. The molecule has 1 heterocycles. The Morgan fingerprint density at radius 1 is 1.00 bits per heavy atom. The van der Waals surface area contributed by atoms with Gasteiger partial charge in [0.05, 0.1) is 14.2 Å². The smallest absolute Gasteiger partial charge is 0.327 e. The third kappa shape index (κ3) is 4.46. The van der Waals surface area contributed by atoms with Crippen LogP contribution in [0.1, 0.15) is 22.0 Å². The highest BCUT2D eigenvalue weighted by Gasteiger charge is 2.32. The van der Waals surface area contributed by atoms with Crippen molar-refractivity contribution in [3.8, 4) is 5.75 Å². The van der Waals surface area contributed by atoms with Crippen molar-refractivity contribution in [1.29, 1.82) is 0 Å². The van der Waals surface area contributed by atoms with Gasteiger partial charge in [0.2, 0.25) is 0 Å². The lowest BCUT2D eigenvalue weighted by molar-refractivity contribution is -0.148. The van der Waals surface area contributed by atoms with Crippen LogP contribution in [-0.2, 0) is 9.53 Å². The number of esters is 1. The highest BCUT2D eigenvalue weighted by molar-refractivity contribution is 6.30. The Kier molecular flexibility index (Phi) is 6.54. The van der Waals surface area contributed by atoms with Crippen molar-refractivity contribution >= 4 is 23.5 Å². The molecule has 7 heteroatoms. The van der Waals surface area contributed by atoms with Crippen LogP contribution < -0.4 is 4.74 Å². The Labute approximate surface area is 169 Å². The molecule has 1 saturated heterocycles. The molecule has 0 N–H and O–H groups in total. The first-order valence-electron chi connectivity index (χ1n) is 9.04. The summed E-state index contributed by atoms with van der Waals surface area (Å²) in [6, 6.07) is 13.8. The van der Waals surface area contributed by atoms with E-state index in [1.807, 2.05) is 23.1 Å². The van der Waals surface area contributed by atoms with E-state index in [4.69, 9.17) is 21.1 Å². The van der Waals surface area contributed by atoms with E-state index in [0.29, 0.717) is 42.5 Å². The van der Waals surface area contributed by atoms with Crippen LogP contribution in [0.15, 0.2) is 48.5 Å². The third-order valence-electron chi connectivity index (χ3n) is 4.89. The minimum atomic E-state index is -0.517. The minimum Gasteiger partial charge on any atom is -0.497 e. The van der Waals surface area contributed by atoms with Crippen molar-refractivity contribution in [2.24, 2.45) is 0 Å². The van der Waals surface area contributed by atoms with Crippen LogP contribution in [0.5, 0.6) is 5.75 Å². The molecule has 0 radical (unpaired) electrons. The van der Waals surface area contributed by atoms with E-state index >= 15 is 0 Å². The van der Waals surface area contributed by atoms with Gasteiger partial charge in [0.1, 0.15) is 11.8 Å². The predicted octanol–water partition coefficient (Wildman–Crippen LogP) is 3.02. The lowest BCUT2D eigenvalue weighted by Crippen LogP contribution is -2.51. The van der Waals surface area contributed by atoms with Crippen molar-refractivity contribution in [1.82, 2.24) is 9.80 Å². The van der Waals surface area contributed by atoms with Crippen molar-refractivity contribution < 1.29 is 19.1 Å². The Balaban J connectivity index is 1.70. The lowest BCUT2D eigenvalue weighted by atomic mass is 10.0. The van der Waals surface area contributed by atoms with Gasteiger partial charge in [-0.1, -0.05) is 29.8 Å². The summed E-state index contributed by atoms with van der Waals surface area (Å²) in [5.74, 6) is 0.285. The molecule has 1 aliphatic rings.